The number of hydrogen-bond donors (Lipinski definition) is 1. The summed E-state index contributed by atoms with van der Waals surface area (Å²) in [5, 5.41) is 3.45. The zero-order valence-electron chi connectivity index (χ0n) is 12.1. The fraction of sp³-hybridized carbons (Fsp3) is 0.929. The van der Waals surface area contributed by atoms with Crippen LogP contribution in [-0.2, 0) is 14.3 Å². The molecule has 1 N–H and O–H groups in total. The minimum atomic E-state index is 0.0354. The molecule has 3 unspecified atom stereocenters. The van der Waals surface area contributed by atoms with Crippen LogP contribution in [0.4, 0.5) is 0 Å². The third kappa shape index (κ3) is 4.16. The molecule has 0 radical (unpaired) electrons. The predicted molar refractivity (Wildman–Crippen MR) is 73.0 cm³/mol. The summed E-state index contributed by atoms with van der Waals surface area (Å²) in [5.41, 5.74) is 0. The molecule has 0 saturated carbocycles. The lowest BCUT2D eigenvalue weighted by atomic mass is 10.0. The average molecular weight is 270 g/mol. The first-order chi connectivity index (χ1) is 9.20. The van der Waals surface area contributed by atoms with Gasteiger partial charge in [0.2, 0.25) is 5.91 Å². The number of nitrogens with one attached hydrogen (secondary N) is 1. The lowest BCUT2D eigenvalue weighted by molar-refractivity contribution is -0.136. The maximum Gasteiger partial charge on any atom is 0.228 e. The van der Waals surface area contributed by atoms with Gasteiger partial charge in [-0.3, -0.25) is 4.79 Å². The van der Waals surface area contributed by atoms with Crippen LogP contribution in [0.15, 0.2) is 0 Å². The quantitative estimate of drug-likeness (QED) is 0.769. The van der Waals surface area contributed by atoms with Gasteiger partial charge in [-0.15, -0.1) is 0 Å². The van der Waals surface area contributed by atoms with Crippen molar-refractivity contribution in [3.63, 3.8) is 0 Å². The van der Waals surface area contributed by atoms with Crippen LogP contribution in [0.25, 0.3) is 0 Å². The topological polar surface area (TPSA) is 50.8 Å². The van der Waals surface area contributed by atoms with Gasteiger partial charge >= 0.3 is 0 Å². The molecule has 0 aromatic heterocycles. The molecule has 0 spiro atoms. The molecule has 2 aliphatic rings. The second kappa shape index (κ2) is 7.22. The van der Waals surface area contributed by atoms with Crippen molar-refractivity contribution in [3.05, 3.63) is 0 Å². The summed E-state index contributed by atoms with van der Waals surface area (Å²) in [6, 6.07) is 0.445. The Labute approximate surface area is 115 Å². The first kappa shape index (κ1) is 14.8. The van der Waals surface area contributed by atoms with Crippen molar-refractivity contribution in [2.45, 2.75) is 38.3 Å². The minimum Gasteiger partial charge on any atom is -0.383 e. The molecule has 3 atom stereocenters. The standard InChI is InChI=1S/C14H26N2O3/c1-11-8-12(10-19-11)14(17)16(6-7-18-2)9-13-4-3-5-15-13/h11-13,15H,3-10H2,1-2H3. The zero-order valence-corrected chi connectivity index (χ0v) is 12.1. The zero-order chi connectivity index (χ0) is 13.7. The number of ether oxygens (including phenoxy) is 2. The average Bonchev–Trinajstić information content (AvgIpc) is 3.05. The van der Waals surface area contributed by atoms with Gasteiger partial charge in [-0.1, -0.05) is 0 Å². The summed E-state index contributed by atoms with van der Waals surface area (Å²) in [6.07, 6.45) is 3.43. The fourth-order valence-corrected chi connectivity index (χ4v) is 2.92. The Morgan fingerprint density at radius 2 is 2.37 bits per heavy atom. The number of carbonyl (C=O) groups is 1. The number of rotatable bonds is 6. The second-order valence-corrected chi connectivity index (χ2v) is 5.65. The summed E-state index contributed by atoms with van der Waals surface area (Å²) < 4.78 is 10.6. The fourth-order valence-electron chi connectivity index (χ4n) is 2.92. The maximum absolute atomic E-state index is 12.5. The number of amides is 1. The van der Waals surface area contributed by atoms with Crippen LogP contribution in [0.2, 0.25) is 0 Å². The Bertz CT molecular complexity index is 292. The molecule has 2 rings (SSSR count). The normalized spacial score (nSPS) is 30.7. The summed E-state index contributed by atoms with van der Waals surface area (Å²) in [5.74, 6) is 0.267. The molecule has 2 saturated heterocycles. The third-order valence-electron chi connectivity index (χ3n) is 4.03. The lowest BCUT2D eigenvalue weighted by Gasteiger charge is -2.27. The van der Waals surface area contributed by atoms with E-state index < -0.39 is 0 Å². The molecule has 5 nitrogen and oxygen atoms in total. The van der Waals surface area contributed by atoms with E-state index in [-0.39, 0.29) is 17.9 Å². The Morgan fingerprint density at radius 3 is 2.95 bits per heavy atom. The second-order valence-electron chi connectivity index (χ2n) is 5.65. The van der Waals surface area contributed by atoms with E-state index >= 15 is 0 Å². The van der Waals surface area contributed by atoms with E-state index in [2.05, 4.69) is 5.32 Å². The van der Waals surface area contributed by atoms with E-state index in [1.807, 2.05) is 11.8 Å². The number of hydrogen-bond acceptors (Lipinski definition) is 4. The van der Waals surface area contributed by atoms with E-state index in [9.17, 15) is 4.79 Å². The predicted octanol–water partition coefficient (Wildman–Crippen LogP) is 0.638. The van der Waals surface area contributed by atoms with E-state index in [4.69, 9.17) is 9.47 Å². The SMILES string of the molecule is COCCN(CC1CCCN1)C(=O)C1COC(C)C1. The molecule has 0 bridgehead atoms. The van der Waals surface area contributed by atoms with Gasteiger partial charge in [0.25, 0.3) is 0 Å². The van der Waals surface area contributed by atoms with Crippen LogP contribution in [-0.4, -0.2) is 62.9 Å². The maximum atomic E-state index is 12.5. The third-order valence-corrected chi connectivity index (χ3v) is 4.03. The molecule has 2 aliphatic heterocycles. The van der Waals surface area contributed by atoms with Gasteiger partial charge in [-0.25, -0.2) is 0 Å². The Balaban J connectivity index is 1.89. The largest absolute Gasteiger partial charge is 0.383 e. The molecule has 1 amide bonds. The molecule has 19 heavy (non-hydrogen) atoms. The first-order valence-electron chi connectivity index (χ1n) is 7.33. The van der Waals surface area contributed by atoms with Crippen molar-refractivity contribution >= 4 is 5.91 Å². The highest BCUT2D eigenvalue weighted by Gasteiger charge is 2.32. The van der Waals surface area contributed by atoms with Crippen LogP contribution >= 0.6 is 0 Å². The van der Waals surface area contributed by atoms with Gasteiger partial charge < -0.3 is 19.7 Å². The van der Waals surface area contributed by atoms with Gasteiger partial charge in [-0.2, -0.15) is 0 Å². The monoisotopic (exact) mass is 270 g/mol. The number of carbonyl (C=O) groups excluding carboxylic acids is 1. The van der Waals surface area contributed by atoms with Crippen LogP contribution in [0.1, 0.15) is 26.2 Å². The number of methoxy groups -OCH3 is 1. The van der Waals surface area contributed by atoms with E-state index in [0.29, 0.717) is 25.8 Å². The van der Waals surface area contributed by atoms with Crippen LogP contribution in [0.3, 0.4) is 0 Å². The number of nitrogens with zero attached hydrogens (tertiary/aromatic N) is 1. The summed E-state index contributed by atoms with van der Waals surface area (Å²) >= 11 is 0. The van der Waals surface area contributed by atoms with Crippen molar-refractivity contribution in [2.75, 3.05) is 40.0 Å². The van der Waals surface area contributed by atoms with Crippen molar-refractivity contribution in [1.29, 1.82) is 0 Å². The lowest BCUT2D eigenvalue weighted by Crippen LogP contribution is -2.45. The molecule has 0 aliphatic carbocycles. The van der Waals surface area contributed by atoms with Gasteiger partial charge in [0.1, 0.15) is 0 Å². The van der Waals surface area contributed by atoms with Crippen LogP contribution in [0, 0.1) is 5.92 Å². The molecule has 2 heterocycles. The van der Waals surface area contributed by atoms with E-state index in [0.717, 1.165) is 25.9 Å². The highest BCUT2D eigenvalue weighted by molar-refractivity contribution is 5.79. The van der Waals surface area contributed by atoms with Crippen molar-refractivity contribution in [2.24, 2.45) is 5.92 Å². The van der Waals surface area contributed by atoms with E-state index in [1.165, 1.54) is 6.42 Å². The van der Waals surface area contributed by atoms with E-state index in [1.54, 1.807) is 7.11 Å². The molecule has 0 aromatic rings. The molecule has 2 fully saturated rings. The first-order valence-corrected chi connectivity index (χ1v) is 7.33. The van der Waals surface area contributed by atoms with Crippen LogP contribution in [0.5, 0.6) is 0 Å². The summed E-state index contributed by atoms with van der Waals surface area (Å²) in [7, 11) is 1.68. The summed E-state index contributed by atoms with van der Waals surface area (Å²) in [4.78, 5) is 14.5. The van der Waals surface area contributed by atoms with Gasteiger partial charge in [-0.05, 0) is 32.7 Å². The molecular formula is C14H26N2O3. The molecule has 0 aromatic carbocycles. The molecule has 5 heteroatoms. The van der Waals surface area contributed by atoms with Gasteiger partial charge in [0, 0.05) is 26.2 Å². The highest BCUT2D eigenvalue weighted by atomic mass is 16.5. The van der Waals surface area contributed by atoms with Crippen molar-refractivity contribution < 1.29 is 14.3 Å². The molecular weight excluding hydrogens is 244 g/mol. The molecule has 110 valence electrons. The highest BCUT2D eigenvalue weighted by Crippen LogP contribution is 2.21. The Morgan fingerprint density at radius 1 is 1.53 bits per heavy atom. The van der Waals surface area contributed by atoms with Crippen molar-refractivity contribution in [3.8, 4) is 0 Å². The minimum absolute atomic E-state index is 0.0354. The summed E-state index contributed by atoms with van der Waals surface area (Å²) in [6.45, 7) is 5.75. The Kier molecular flexibility index (Phi) is 5.60. The van der Waals surface area contributed by atoms with Gasteiger partial charge in [0.05, 0.1) is 25.2 Å². The smallest absolute Gasteiger partial charge is 0.228 e. The van der Waals surface area contributed by atoms with Crippen molar-refractivity contribution in [1.82, 2.24) is 10.2 Å². The van der Waals surface area contributed by atoms with Gasteiger partial charge in [0.15, 0.2) is 0 Å². The van der Waals surface area contributed by atoms with Crippen LogP contribution < -0.4 is 5.32 Å². The Hall–Kier alpha value is -0.650.